The van der Waals surface area contributed by atoms with E-state index in [1.54, 1.807) is 12.3 Å². The van der Waals surface area contributed by atoms with Gasteiger partial charge in [-0.2, -0.15) is 4.39 Å². The van der Waals surface area contributed by atoms with Gasteiger partial charge in [0.15, 0.2) is 0 Å². The van der Waals surface area contributed by atoms with Crippen LogP contribution in [0.1, 0.15) is 34.5 Å². The summed E-state index contributed by atoms with van der Waals surface area (Å²) in [5, 5.41) is 3.36. The molecule has 1 heterocycles. The zero-order chi connectivity index (χ0) is 14.4. The number of nitrogens with one attached hydrogen (secondary N) is 1. The predicted octanol–water partition coefficient (Wildman–Crippen LogP) is 2.93. The van der Waals surface area contributed by atoms with E-state index in [1.807, 2.05) is 31.2 Å². The van der Waals surface area contributed by atoms with Crippen LogP contribution < -0.4 is 5.32 Å². The van der Waals surface area contributed by atoms with Crippen molar-refractivity contribution >= 4 is 6.29 Å². The molecule has 0 bridgehead atoms. The third kappa shape index (κ3) is 3.96. The summed E-state index contributed by atoms with van der Waals surface area (Å²) in [6.07, 6.45) is 3.26. The quantitative estimate of drug-likeness (QED) is 0.649. The van der Waals surface area contributed by atoms with E-state index in [0.717, 1.165) is 24.8 Å². The van der Waals surface area contributed by atoms with Gasteiger partial charge in [-0.3, -0.25) is 4.79 Å². The maximum atomic E-state index is 12.7. The van der Waals surface area contributed by atoms with E-state index in [9.17, 15) is 9.18 Å². The molecule has 1 aromatic carbocycles. The standard InChI is InChI=1S/C16H17FN2O/c1-12(15-6-7-16(17)19-10-15)18-9-8-13-2-4-14(11-20)5-3-13/h2-7,10-12,18H,8-9H2,1H3. The number of hydrogen-bond acceptors (Lipinski definition) is 3. The summed E-state index contributed by atoms with van der Waals surface area (Å²) in [6, 6.07) is 10.8. The van der Waals surface area contributed by atoms with Gasteiger partial charge >= 0.3 is 0 Å². The van der Waals surface area contributed by atoms with Crippen molar-refractivity contribution in [3.63, 3.8) is 0 Å². The van der Waals surface area contributed by atoms with Gasteiger partial charge in [-0.05, 0) is 37.1 Å². The molecule has 0 fully saturated rings. The first-order valence-corrected chi connectivity index (χ1v) is 6.58. The van der Waals surface area contributed by atoms with Gasteiger partial charge in [0.2, 0.25) is 5.95 Å². The molecule has 0 aliphatic heterocycles. The molecule has 104 valence electrons. The first-order chi connectivity index (χ1) is 9.69. The van der Waals surface area contributed by atoms with Crippen molar-refractivity contribution < 1.29 is 9.18 Å². The lowest BCUT2D eigenvalue weighted by Gasteiger charge is -2.13. The number of aldehydes is 1. The van der Waals surface area contributed by atoms with E-state index in [-0.39, 0.29) is 6.04 Å². The number of benzene rings is 1. The number of carbonyl (C=O) groups excluding carboxylic acids is 1. The van der Waals surface area contributed by atoms with E-state index in [4.69, 9.17) is 0 Å². The number of pyridine rings is 1. The average Bonchev–Trinajstić information content (AvgIpc) is 2.48. The second kappa shape index (κ2) is 6.91. The van der Waals surface area contributed by atoms with Crippen LogP contribution in [0.5, 0.6) is 0 Å². The highest BCUT2D eigenvalue weighted by Crippen LogP contribution is 2.11. The molecule has 3 nitrogen and oxygen atoms in total. The SMILES string of the molecule is CC(NCCc1ccc(C=O)cc1)c1ccc(F)nc1. The minimum absolute atomic E-state index is 0.123. The van der Waals surface area contributed by atoms with Gasteiger partial charge in [-0.25, -0.2) is 4.98 Å². The van der Waals surface area contributed by atoms with E-state index >= 15 is 0 Å². The molecule has 1 unspecified atom stereocenters. The molecule has 1 atom stereocenters. The smallest absolute Gasteiger partial charge is 0.212 e. The van der Waals surface area contributed by atoms with Gasteiger partial charge in [-0.1, -0.05) is 30.3 Å². The first-order valence-electron chi connectivity index (χ1n) is 6.58. The fourth-order valence-corrected chi connectivity index (χ4v) is 1.96. The Kier molecular flexibility index (Phi) is 4.96. The minimum atomic E-state index is -0.462. The Hall–Kier alpha value is -2.07. The molecule has 0 saturated carbocycles. The predicted molar refractivity (Wildman–Crippen MR) is 76.1 cm³/mol. The zero-order valence-corrected chi connectivity index (χ0v) is 11.3. The average molecular weight is 272 g/mol. The Labute approximate surface area is 117 Å². The second-order valence-electron chi connectivity index (χ2n) is 4.70. The largest absolute Gasteiger partial charge is 0.310 e. The van der Waals surface area contributed by atoms with Crippen LogP contribution in [0.15, 0.2) is 42.6 Å². The van der Waals surface area contributed by atoms with Gasteiger partial charge < -0.3 is 5.32 Å². The summed E-state index contributed by atoms with van der Waals surface area (Å²) in [6.45, 7) is 2.82. The summed E-state index contributed by atoms with van der Waals surface area (Å²) in [7, 11) is 0. The molecule has 1 aromatic heterocycles. The number of nitrogens with zero attached hydrogens (tertiary/aromatic N) is 1. The fraction of sp³-hybridized carbons (Fsp3) is 0.250. The molecule has 0 aliphatic rings. The Morgan fingerprint density at radius 3 is 2.60 bits per heavy atom. The third-order valence-electron chi connectivity index (χ3n) is 3.23. The Morgan fingerprint density at radius 2 is 2.00 bits per heavy atom. The minimum Gasteiger partial charge on any atom is -0.310 e. The third-order valence-corrected chi connectivity index (χ3v) is 3.23. The van der Waals surface area contributed by atoms with Crippen molar-refractivity contribution in [2.45, 2.75) is 19.4 Å². The number of halogens is 1. The van der Waals surface area contributed by atoms with Gasteiger partial charge in [0, 0.05) is 17.8 Å². The van der Waals surface area contributed by atoms with Crippen molar-refractivity contribution in [2.24, 2.45) is 0 Å². The van der Waals surface area contributed by atoms with Crippen molar-refractivity contribution in [2.75, 3.05) is 6.54 Å². The Morgan fingerprint density at radius 1 is 1.25 bits per heavy atom. The van der Waals surface area contributed by atoms with Crippen LogP contribution in [0.2, 0.25) is 0 Å². The molecule has 0 saturated heterocycles. The number of carbonyl (C=O) groups is 1. The second-order valence-corrected chi connectivity index (χ2v) is 4.70. The summed E-state index contributed by atoms with van der Waals surface area (Å²) >= 11 is 0. The maximum Gasteiger partial charge on any atom is 0.212 e. The van der Waals surface area contributed by atoms with Gasteiger partial charge in [0.25, 0.3) is 0 Å². The van der Waals surface area contributed by atoms with Crippen molar-refractivity contribution in [1.82, 2.24) is 10.3 Å². The maximum absolute atomic E-state index is 12.7. The van der Waals surface area contributed by atoms with E-state index in [0.29, 0.717) is 5.56 Å². The molecule has 0 aliphatic carbocycles. The number of hydrogen-bond donors (Lipinski definition) is 1. The fourth-order valence-electron chi connectivity index (χ4n) is 1.96. The van der Waals surface area contributed by atoms with Crippen molar-refractivity contribution in [3.8, 4) is 0 Å². The van der Waals surface area contributed by atoms with Crippen LogP contribution in [-0.2, 0) is 6.42 Å². The van der Waals surface area contributed by atoms with Crippen molar-refractivity contribution in [3.05, 3.63) is 65.2 Å². The molecule has 0 amide bonds. The highest BCUT2D eigenvalue weighted by atomic mass is 19.1. The van der Waals surface area contributed by atoms with Gasteiger partial charge in [-0.15, -0.1) is 0 Å². The lowest BCUT2D eigenvalue weighted by Crippen LogP contribution is -2.21. The van der Waals surface area contributed by atoms with Crippen LogP contribution in [-0.4, -0.2) is 17.8 Å². The summed E-state index contributed by atoms with van der Waals surface area (Å²) in [5.74, 6) is -0.462. The number of rotatable bonds is 6. The lowest BCUT2D eigenvalue weighted by atomic mass is 10.1. The van der Waals surface area contributed by atoms with E-state index in [1.165, 1.54) is 11.6 Å². The molecular weight excluding hydrogens is 255 g/mol. The van der Waals surface area contributed by atoms with Crippen LogP contribution in [0, 0.1) is 5.95 Å². The number of aromatic nitrogens is 1. The van der Waals surface area contributed by atoms with Gasteiger partial charge in [0.1, 0.15) is 6.29 Å². The highest BCUT2D eigenvalue weighted by Gasteiger charge is 2.05. The Bertz CT molecular complexity index is 552. The van der Waals surface area contributed by atoms with Gasteiger partial charge in [0.05, 0.1) is 0 Å². The van der Waals surface area contributed by atoms with Crippen LogP contribution in [0.4, 0.5) is 4.39 Å². The molecule has 20 heavy (non-hydrogen) atoms. The molecule has 2 aromatic rings. The van der Waals surface area contributed by atoms with E-state index < -0.39 is 5.95 Å². The van der Waals surface area contributed by atoms with Crippen LogP contribution in [0.3, 0.4) is 0 Å². The molecule has 4 heteroatoms. The monoisotopic (exact) mass is 272 g/mol. The Balaban J connectivity index is 1.82. The highest BCUT2D eigenvalue weighted by molar-refractivity contribution is 5.74. The summed E-state index contributed by atoms with van der Waals surface area (Å²) in [4.78, 5) is 14.2. The molecule has 0 spiro atoms. The van der Waals surface area contributed by atoms with Crippen LogP contribution in [0.25, 0.3) is 0 Å². The molecular formula is C16H17FN2O. The van der Waals surface area contributed by atoms with E-state index in [2.05, 4.69) is 10.3 Å². The lowest BCUT2D eigenvalue weighted by molar-refractivity contribution is 0.112. The summed E-state index contributed by atoms with van der Waals surface area (Å²) < 4.78 is 12.7. The molecule has 2 rings (SSSR count). The molecule has 1 N–H and O–H groups in total. The normalized spacial score (nSPS) is 12.1. The molecule has 0 radical (unpaired) electrons. The van der Waals surface area contributed by atoms with Crippen molar-refractivity contribution in [1.29, 1.82) is 0 Å². The van der Waals surface area contributed by atoms with Crippen LogP contribution >= 0.6 is 0 Å². The topological polar surface area (TPSA) is 42.0 Å². The summed E-state index contributed by atoms with van der Waals surface area (Å²) in [5.41, 5.74) is 2.82. The zero-order valence-electron chi connectivity index (χ0n) is 11.3. The first kappa shape index (κ1) is 14.3.